The number of carboxylic acids is 1. The number of fused-ring (bicyclic) bond motifs is 2. The molecule has 2 aliphatic heterocycles. The highest BCUT2D eigenvalue weighted by atomic mass is 19.2. The first-order valence-electron chi connectivity index (χ1n) is 18.8. The van der Waals surface area contributed by atoms with Crippen LogP contribution in [0.1, 0.15) is 63.5 Å². The molecule has 10 nitrogen and oxygen atoms in total. The Hall–Kier alpha value is -5.04. The summed E-state index contributed by atoms with van der Waals surface area (Å²) in [4.78, 5) is 43.5. The van der Waals surface area contributed by atoms with Crippen molar-refractivity contribution in [1.29, 1.82) is 0 Å². The first-order valence-corrected chi connectivity index (χ1v) is 18.8. The minimum absolute atomic E-state index is 0.0138. The number of rotatable bonds is 17. The van der Waals surface area contributed by atoms with E-state index < -0.39 is 40.6 Å². The summed E-state index contributed by atoms with van der Waals surface area (Å²) in [5, 5.41) is 13.2. The molecule has 13 heteroatoms. The minimum Gasteiger partial charge on any atom is -0.497 e. The van der Waals surface area contributed by atoms with Crippen molar-refractivity contribution in [3.63, 3.8) is 0 Å². The van der Waals surface area contributed by atoms with Crippen LogP contribution >= 0.6 is 0 Å². The maximum atomic E-state index is 14.7. The number of aliphatic carboxylic acids is 1. The van der Waals surface area contributed by atoms with Crippen molar-refractivity contribution in [2.75, 3.05) is 40.0 Å². The first-order chi connectivity index (χ1) is 26.3. The number of methoxy groups -OCH3 is 1. The number of ether oxygens (including phenoxy) is 3. The second kappa shape index (κ2) is 17.2. The predicted molar refractivity (Wildman–Crippen MR) is 199 cm³/mol. The Morgan fingerprint density at radius 1 is 0.909 bits per heavy atom. The van der Waals surface area contributed by atoms with Crippen LogP contribution in [0.5, 0.6) is 17.2 Å². The van der Waals surface area contributed by atoms with Crippen LogP contribution < -0.4 is 19.5 Å². The van der Waals surface area contributed by atoms with Crippen molar-refractivity contribution >= 4 is 23.4 Å². The Kier molecular flexibility index (Phi) is 12.4. The molecule has 3 aromatic carbocycles. The number of nitrogens with zero attached hydrogens (tertiary/aromatic N) is 2. The highest BCUT2D eigenvalue weighted by molar-refractivity contribution is 6.03. The van der Waals surface area contributed by atoms with Crippen molar-refractivity contribution in [1.82, 2.24) is 15.1 Å². The van der Waals surface area contributed by atoms with Crippen LogP contribution in [0.3, 0.4) is 0 Å². The Balaban J connectivity index is 1.20. The standard InChI is InChI=1S/C42H48F3N3O7/c1-42(2,41(51)52)19-18-36(49)47-24-28-23-32(27-8-6-26(7-9-27)5-4-21-55-39-34(44)17-16-33(43)38(39)45)37(35(25-47)46-28)40(50)48(29-10-11-29)20-22-54-31-14-12-30(53-3)13-15-31/h6-9,12-17,28-29,35,46H,4-5,10-11,18-25H2,1-3H3,(H,51,52)/t28-,35-/m1/s1. The van der Waals surface area contributed by atoms with E-state index in [2.05, 4.69) is 5.32 Å². The molecule has 294 valence electrons. The second-order valence-electron chi connectivity index (χ2n) is 15.1. The molecule has 1 saturated carbocycles. The van der Waals surface area contributed by atoms with E-state index in [0.29, 0.717) is 62.1 Å². The van der Waals surface area contributed by atoms with Gasteiger partial charge in [0.1, 0.15) is 18.1 Å². The summed E-state index contributed by atoms with van der Waals surface area (Å²) in [5.74, 6) is -4.04. The number of aryl methyl sites for hydroxylation is 1. The fraction of sp³-hybridized carbons (Fsp3) is 0.452. The van der Waals surface area contributed by atoms with Crippen LogP contribution in [0.4, 0.5) is 13.2 Å². The van der Waals surface area contributed by atoms with Crippen molar-refractivity contribution in [2.24, 2.45) is 5.41 Å². The van der Waals surface area contributed by atoms with Crippen molar-refractivity contribution in [3.8, 4) is 17.2 Å². The molecular weight excluding hydrogens is 715 g/mol. The summed E-state index contributed by atoms with van der Waals surface area (Å²) in [6.45, 7) is 4.58. The monoisotopic (exact) mass is 763 g/mol. The molecule has 2 atom stereocenters. The molecular formula is C42H48F3N3O7. The van der Waals surface area contributed by atoms with Gasteiger partial charge in [0.2, 0.25) is 11.7 Å². The number of benzene rings is 3. The van der Waals surface area contributed by atoms with E-state index in [1.54, 1.807) is 25.9 Å². The molecule has 1 saturated heterocycles. The van der Waals surface area contributed by atoms with E-state index in [0.717, 1.165) is 35.6 Å². The zero-order chi connectivity index (χ0) is 39.3. The van der Waals surface area contributed by atoms with Crippen molar-refractivity contribution in [3.05, 3.63) is 94.8 Å². The Morgan fingerprint density at radius 3 is 2.27 bits per heavy atom. The zero-order valence-corrected chi connectivity index (χ0v) is 31.4. The molecule has 2 bridgehead atoms. The van der Waals surface area contributed by atoms with Crippen LogP contribution in [0.25, 0.3) is 5.57 Å². The lowest BCUT2D eigenvalue weighted by atomic mass is 9.82. The van der Waals surface area contributed by atoms with Gasteiger partial charge in [-0.05, 0) is 105 Å². The highest BCUT2D eigenvalue weighted by Gasteiger charge is 2.43. The number of nitrogens with one attached hydrogen (secondary N) is 1. The number of amides is 2. The molecule has 6 rings (SSSR count). The topological polar surface area (TPSA) is 118 Å². The van der Waals surface area contributed by atoms with Gasteiger partial charge in [0.15, 0.2) is 17.4 Å². The summed E-state index contributed by atoms with van der Waals surface area (Å²) < 4.78 is 58.0. The van der Waals surface area contributed by atoms with Crippen LogP contribution in [0.2, 0.25) is 0 Å². The molecule has 2 N–H and O–H groups in total. The Morgan fingerprint density at radius 2 is 1.60 bits per heavy atom. The van der Waals surface area contributed by atoms with Gasteiger partial charge < -0.3 is 34.4 Å². The summed E-state index contributed by atoms with van der Waals surface area (Å²) in [6, 6.07) is 16.2. The largest absolute Gasteiger partial charge is 0.497 e. The molecule has 2 fully saturated rings. The van der Waals surface area contributed by atoms with Crippen LogP contribution in [-0.2, 0) is 20.8 Å². The molecule has 2 amide bonds. The molecule has 55 heavy (non-hydrogen) atoms. The van der Waals surface area contributed by atoms with Gasteiger partial charge >= 0.3 is 5.97 Å². The molecule has 3 aliphatic rings. The summed E-state index contributed by atoms with van der Waals surface area (Å²) in [5.41, 5.74) is 2.31. The van der Waals surface area contributed by atoms with Gasteiger partial charge in [-0.3, -0.25) is 14.4 Å². The van der Waals surface area contributed by atoms with E-state index in [1.807, 2.05) is 53.4 Å². The van der Waals surface area contributed by atoms with Gasteiger partial charge in [-0.1, -0.05) is 24.3 Å². The Labute approximate surface area is 319 Å². The third kappa shape index (κ3) is 9.62. The van der Waals surface area contributed by atoms with Gasteiger partial charge in [-0.15, -0.1) is 0 Å². The molecule has 0 unspecified atom stereocenters. The van der Waals surface area contributed by atoms with Crippen LogP contribution in [-0.4, -0.2) is 90.8 Å². The predicted octanol–water partition coefficient (Wildman–Crippen LogP) is 6.41. The SMILES string of the molecule is COc1ccc(OCCN(C(=O)C2=C(c3ccc(CCCOc4c(F)ccc(F)c4F)cc3)C[C@@H]3CN(C(=O)CCC(C)(C)C(=O)O)C[C@H]2N3)C2CC2)cc1. The van der Waals surface area contributed by atoms with Gasteiger partial charge in [0.25, 0.3) is 5.91 Å². The molecule has 0 radical (unpaired) electrons. The number of hydrogen-bond acceptors (Lipinski definition) is 7. The van der Waals surface area contributed by atoms with Crippen LogP contribution in [0.15, 0.2) is 66.2 Å². The van der Waals surface area contributed by atoms with E-state index in [1.165, 1.54) is 0 Å². The average Bonchev–Trinajstić information content (AvgIpc) is 4.02. The third-order valence-corrected chi connectivity index (χ3v) is 10.6. The van der Waals surface area contributed by atoms with Gasteiger partial charge in [-0.2, -0.15) is 4.39 Å². The lowest BCUT2D eigenvalue weighted by molar-refractivity contribution is -0.148. The zero-order valence-electron chi connectivity index (χ0n) is 31.4. The fourth-order valence-corrected chi connectivity index (χ4v) is 7.14. The number of carbonyl (C=O) groups is 3. The van der Waals surface area contributed by atoms with Gasteiger partial charge in [0.05, 0.1) is 31.7 Å². The van der Waals surface area contributed by atoms with Crippen molar-refractivity contribution in [2.45, 2.75) is 76.9 Å². The maximum Gasteiger partial charge on any atom is 0.309 e. The van der Waals surface area contributed by atoms with Gasteiger partial charge in [-0.25, -0.2) is 8.78 Å². The number of halogens is 3. The Bertz CT molecular complexity index is 1900. The molecule has 0 spiro atoms. The van der Waals surface area contributed by atoms with Crippen LogP contribution in [0, 0.1) is 22.9 Å². The smallest absolute Gasteiger partial charge is 0.309 e. The molecule has 1 aliphatic carbocycles. The third-order valence-electron chi connectivity index (χ3n) is 10.6. The number of carboxylic acid groups (broad SMARTS) is 1. The average molecular weight is 764 g/mol. The fourth-order valence-electron chi connectivity index (χ4n) is 7.14. The number of hydrogen-bond donors (Lipinski definition) is 2. The lowest BCUT2D eigenvalue weighted by Gasteiger charge is -2.45. The van der Waals surface area contributed by atoms with Crippen molar-refractivity contribution < 1.29 is 46.9 Å². The summed E-state index contributed by atoms with van der Waals surface area (Å²) >= 11 is 0. The van der Waals surface area contributed by atoms with E-state index in [-0.39, 0.29) is 49.9 Å². The quantitative estimate of drug-likeness (QED) is 0.120. The van der Waals surface area contributed by atoms with E-state index in [4.69, 9.17) is 14.2 Å². The summed E-state index contributed by atoms with van der Waals surface area (Å²) in [7, 11) is 1.60. The van der Waals surface area contributed by atoms with Gasteiger partial charge in [0, 0.05) is 37.2 Å². The van der Waals surface area contributed by atoms with E-state index >= 15 is 0 Å². The second-order valence-corrected chi connectivity index (χ2v) is 15.1. The lowest BCUT2D eigenvalue weighted by Crippen LogP contribution is -2.62. The molecule has 3 aromatic rings. The normalized spacial score (nSPS) is 18.2. The molecule has 2 heterocycles. The highest BCUT2D eigenvalue weighted by Crippen LogP contribution is 2.37. The number of carbonyl (C=O) groups excluding carboxylic acids is 2. The van der Waals surface area contributed by atoms with E-state index in [9.17, 15) is 32.7 Å². The summed E-state index contributed by atoms with van der Waals surface area (Å²) in [6.07, 6.45) is 3.54. The minimum atomic E-state index is -1.35. The first kappa shape index (κ1) is 39.6. The maximum absolute atomic E-state index is 14.7. The molecule has 0 aromatic heterocycles. The number of piperazine rings is 1.